The van der Waals surface area contributed by atoms with Gasteiger partial charge in [0.25, 0.3) is 0 Å². The Morgan fingerprint density at radius 3 is 3.00 bits per heavy atom. The van der Waals surface area contributed by atoms with E-state index in [-0.39, 0.29) is 5.95 Å². The lowest BCUT2D eigenvalue weighted by molar-refractivity contribution is 0.239. The van der Waals surface area contributed by atoms with E-state index in [0.29, 0.717) is 12.1 Å². The molecule has 0 spiro atoms. The summed E-state index contributed by atoms with van der Waals surface area (Å²) >= 11 is 1.65. The number of thiophene rings is 1. The van der Waals surface area contributed by atoms with Crippen molar-refractivity contribution in [1.82, 2.24) is 19.9 Å². The molecule has 0 N–H and O–H groups in total. The number of nitrogens with zero attached hydrogens (tertiary/aromatic N) is 4. The van der Waals surface area contributed by atoms with Gasteiger partial charge in [0.05, 0.1) is 10.6 Å². The van der Waals surface area contributed by atoms with Gasteiger partial charge in [0, 0.05) is 49.6 Å². The third kappa shape index (κ3) is 3.00. The molecule has 23 heavy (non-hydrogen) atoms. The Labute approximate surface area is 137 Å². The van der Waals surface area contributed by atoms with E-state index in [1.165, 1.54) is 6.20 Å². The molecule has 0 radical (unpaired) electrons. The van der Waals surface area contributed by atoms with Crippen molar-refractivity contribution < 1.29 is 4.39 Å². The number of hydrogen-bond donors (Lipinski definition) is 0. The van der Waals surface area contributed by atoms with Gasteiger partial charge >= 0.3 is 0 Å². The number of fused-ring (bicyclic) bond motifs is 1. The fourth-order valence-electron chi connectivity index (χ4n) is 2.81. The highest BCUT2D eigenvalue weighted by molar-refractivity contribution is 7.13. The van der Waals surface area contributed by atoms with E-state index in [1.807, 2.05) is 23.7 Å². The highest BCUT2D eigenvalue weighted by Gasteiger charge is 2.20. The van der Waals surface area contributed by atoms with Crippen molar-refractivity contribution in [1.29, 1.82) is 0 Å². The number of aromatic nitrogens is 3. The highest BCUT2D eigenvalue weighted by Crippen LogP contribution is 2.24. The van der Waals surface area contributed by atoms with Gasteiger partial charge in [0.2, 0.25) is 5.95 Å². The first-order chi connectivity index (χ1) is 11.3. The third-order valence-corrected chi connectivity index (χ3v) is 4.85. The van der Waals surface area contributed by atoms with Gasteiger partial charge in [-0.3, -0.25) is 4.90 Å². The molecule has 0 bridgehead atoms. The van der Waals surface area contributed by atoms with Crippen LogP contribution in [-0.4, -0.2) is 26.4 Å². The Morgan fingerprint density at radius 2 is 2.17 bits per heavy atom. The van der Waals surface area contributed by atoms with Crippen molar-refractivity contribution in [3.05, 3.63) is 64.8 Å². The Morgan fingerprint density at radius 1 is 1.22 bits per heavy atom. The molecular formula is C17H15FN4S. The monoisotopic (exact) mass is 326 g/mol. The maximum absolute atomic E-state index is 13.7. The summed E-state index contributed by atoms with van der Waals surface area (Å²) in [5, 5.41) is 2.03. The number of hydrogen-bond acceptors (Lipinski definition) is 5. The van der Waals surface area contributed by atoms with Gasteiger partial charge in [-0.2, -0.15) is 4.39 Å². The van der Waals surface area contributed by atoms with Crippen LogP contribution >= 0.6 is 11.3 Å². The summed E-state index contributed by atoms with van der Waals surface area (Å²) in [5.74, 6) is 0.410. The average Bonchev–Trinajstić information content (AvgIpc) is 3.11. The zero-order chi connectivity index (χ0) is 15.6. The summed E-state index contributed by atoms with van der Waals surface area (Å²) in [6.07, 6.45) is 4.24. The molecule has 0 unspecified atom stereocenters. The van der Waals surface area contributed by atoms with E-state index in [1.54, 1.807) is 23.5 Å². The maximum atomic E-state index is 13.7. The normalized spacial score (nSPS) is 14.7. The molecule has 3 aromatic heterocycles. The molecular weight excluding hydrogens is 311 g/mol. The van der Waals surface area contributed by atoms with Gasteiger partial charge in [0.1, 0.15) is 0 Å². The Kier molecular flexibility index (Phi) is 3.85. The Bertz CT molecular complexity index is 819. The van der Waals surface area contributed by atoms with Crippen molar-refractivity contribution in [2.75, 3.05) is 6.54 Å². The van der Waals surface area contributed by atoms with Crippen LogP contribution < -0.4 is 0 Å². The summed E-state index contributed by atoms with van der Waals surface area (Å²) in [4.78, 5) is 16.2. The van der Waals surface area contributed by atoms with Crippen LogP contribution in [0.25, 0.3) is 10.7 Å². The standard InChI is InChI=1S/C17H15FN4S/c18-16-12(3-1-6-19-16)10-22-7-5-14-13(11-22)9-20-17(21-14)15-4-2-8-23-15/h1-4,6,8-9H,5,7,10-11H2. The van der Waals surface area contributed by atoms with E-state index < -0.39 is 0 Å². The van der Waals surface area contributed by atoms with E-state index in [9.17, 15) is 4.39 Å². The summed E-state index contributed by atoms with van der Waals surface area (Å²) in [6, 6.07) is 7.60. The molecule has 0 saturated heterocycles. The minimum absolute atomic E-state index is 0.386. The van der Waals surface area contributed by atoms with Gasteiger partial charge in [-0.1, -0.05) is 12.1 Å². The fourth-order valence-corrected chi connectivity index (χ4v) is 3.48. The average molecular weight is 326 g/mol. The molecule has 4 rings (SSSR count). The quantitative estimate of drug-likeness (QED) is 0.693. The predicted molar refractivity (Wildman–Crippen MR) is 87.4 cm³/mol. The molecule has 116 valence electrons. The topological polar surface area (TPSA) is 41.9 Å². The molecule has 0 fully saturated rings. The van der Waals surface area contributed by atoms with Gasteiger partial charge in [-0.25, -0.2) is 15.0 Å². The summed E-state index contributed by atoms with van der Waals surface area (Å²) in [5.41, 5.74) is 2.86. The Hall–Kier alpha value is -2.18. The molecule has 0 aromatic carbocycles. The second kappa shape index (κ2) is 6.14. The molecule has 6 heteroatoms. The van der Waals surface area contributed by atoms with Crippen molar-refractivity contribution >= 4 is 11.3 Å². The minimum Gasteiger partial charge on any atom is -0.294 e. The van der Waals surface area contributed by atoms with Gasteiger partial charge < -0.3 is 0 Å². The molecule has 3 aromatic rings. The lowest BCUT2D eigenvalue weighted by Crippen LogP contribution is -2.31. The summed E-state index contributed by atoms with van der Waals surface area (Å²) < 4.78 is 13.7. The third-order valence-electron chi connectivity index (χ3n) is 3.98. The zero-order valence-electron chi connectivity index (χ0n) is 12.4. The van der Waals surface area contributed by atoms with E-state index in [2.05, 4.69) is 14.9 Å². The van der Waals surface area contributed by atoms with Crippen LogP contribution in [0.3, 0.4) is 0 Å². The first-order valence-electron chi connectivity index (χ1n) is 7.50. The molecule has 0 atom stereocenters. The van der Waals surface area contributed by atoms with Crippen molar-refractivity contribution in [3.8, 4) is 10.7 Å². The lowest BCUT2D eigenvalue weighted by Gasteiger charge is -2.28. The van der Waals surface area contributed by atoms with Crippen LogP contribution in [0.2, 0.25) is 0 Å². The van der Waals surface area contributed by atoms with Gasteiger partial charge in [-0.05, 0) is 17.5 Å². The zero-order valence-corrected chi connectivity index (χ0v) is 13.3. The van der Waals surface area contributed by atoms with Crippen LogP contribution in [-0.2, 0) is 19.5 Å². The first-order valence-corrected chi connectivity index (χ1v) is 8.38. The predicted octanol–water partition coefficient (Wildman–Crippen LogP) is 3.30. The largest absolute Gasteiger partial charge is 0.294 e. The van der Waals surface area contributed by atoms with Crippen molar-refractivity contribution in [3.63, 3.8) is 0 Å². The van der Waals surface area contributed by atoms with E-state index >= 15 is 0 Å². The van der Waals surface area contributed by atoms with Crippen molar-refractivity contribution in [2.45, 2.75) is 19.5 Å². The molecule has 0 saturated carbocycles. The number of rotatable bonds is 3. The van der Waals surface area contributed by atoms with Gasteiger partial charge in [-0.15, -0.1) is 11.3 Å². The SMILES string of the molecule is Fc1ncccc1CN1CCc2nc(-c3cccs3)ncc2C1. The second-order valence-corrected chi connectivity index (χ2v) is 6.50. The maximum Gasteiger partial charge on any atom is 0.217 e. The summed E-state index contributed by atoms with van der Waals surface area (Å²) in [7, 11) is 0. The van der Waals surface area contributed by atoms with E-state index in [4.69, 9.17) is 4.98 Å². The molecule has 1 aliphatic rings. The number of pyridine rings is 1. The molecule has 0 amide bonds. The lowest BCUT2D eigenvalue weighted by atomic mass is 10.1. The molecule has 4 nitrogen and oxygen atoms in total. The Balaban J connectivity index is 1.53. The number of halogens is 1. The van der Waals surface area contributed by atoms with Crippen LogP contribution in [0.4, 0.5) is 4.39 Å². The van der Waals surface area contributed by atoms with Crippen LogP contribution in [0.1, 0.15) is 16.8 Å². The minimum atomic E-state index is -0.386. The van der Waals surface area contributed by atoms with Crippen LogP contribution in [0.5, 0.6) is 0 Å². The second-order valence-electron chi connectivity index (χ2n) is 5.56. The highest BCUT2D eigenvalue weighted by atomic mass is 32.1. The molecule has 4 heterocycles. The van der Waals surface area contributed by atoms with Crippen LogP contribution in [0, 0.1) is 5.95 Å². The molecule has 1 aliphatic heterocycles. The van der Waals surface area contributed by atoms with E-state index in [0.717, 1.165) is 41.5 Å². The summed E-state index contributed by atoms with van der Waals surface area (Å²) in [6.45, 7) is 2.17. The smallest absolute Gasteiger partial charge is 0.217 e. The molecule has 0 aliphatic carbocycles. The fraction of sp³-hybridized carbons (Fsp3) is 0.235. The first kappa shape index (κ1) is 14.4. The van der Waals surface area contributed by atoms with Crippen LogP contribution in [0.15, 0.2) is 42.0 Å². The van der Waals surface area contributed by atoms with Crippen molar-refractivity contribution in [2.24, 2.45) is 0 Å². The van der Waals surface area contributed by atoms with Gasteiger partial charge in [0.15, 0.2) is 5.82 Å².